The van der Waals surface area contributed by atoms with Gasteiger partial charge in [-0.3, -0.25) is 9.59 Å². The molecule has 10 heteroatoms. The van der Waals surface area contributed by atoms with Crippen molar-refractivity contribution in [2.75, 3.05) is 40.0 Å². The Balaban J connectivity index is 1.23. The second-order valence-corrected chi connectivity index (χ2v) is 9.19. The van der Waals surface area contributed by atoms with Crippen LogP contribution in [-0.2, 0) is 20.9 Å². The van der Waals surface area contributed by atoms with E-state index in [1.54, 1.807) is 17.0 Å². The number of methoxy groups -OCH3 is 3. The number of rotatable bonds is 7. The van der Waals surface area contributed by atoms with Gasteiger partial charge in [0, 0.05) is 24.4 Å². The number of likely N-dealkylation sites (tertiary alicyclic amines) is 1. The van der Waals surface area contributed by atoms with Crippen molar-refractivity contribution in [3.8, 4) is 28.7 Å². The fraction of sp³-hybridized carbons (Fsp3) is 0.385. The summed E-state index contributed by atoms with van der Waals surface area (Å²) in [7, 11) is 4.53. The average Bonchev–Trinajstić information content (AvgIpc) is 3.64. The molecule has 0 saturated carbocycles. The molecule has 10 nitrogen and oxygen atoms in total. The van der Waals surface area contributed by atoms with Gasteiger partial charge in [-0.05, 0) is 17.7 Å². The number of carbonyl (C=O) groups is 2. The molecule has 2 saturated heterocycles. The van der Waals surface area contributed by atoms with Gasteiger partial charge in [0.15, 0.2) is 23.0 Å². The van der Waals surface area contributed by atoms with Crippen LogP contribution in [0.3, 0.4) is 0 Å². The molecule has 36 heavy (non-hydrogen) atoms. The number of carbonyl (C=O) groups excluding carboxylic acids is 2. The number of ether oxygens (including phenoxy) is 6. The van der Waals surface area contributed by atoms with E-state index >= 15 is 0 Å². The molecule has 0 unspecified atom stereocenters. The van der Waals surface area contributed by atoms with Gasteiger partial charge in [0.1, 0.15) is 5.60 Å². The first-order valence-electron chi connectivity index (χ1n) is 11.6. The van der Waals surface area contributed by atoms with Crippen LogP contribution < -0.4 is 29.0 Å². The predicted octanol–water partition coefficient (Wildman–Crippen LogP) is 2.36. The lowest BCUT2D eigenvalue weighted by atomic mass is 9.77. The lowest BCUT2D eigenvalue weighted by Gasteiger charge is -2.24. The van der Waals surface area contributed by atoms with Gasteiger partial charge >= 0.3 is 0 Å². The van der Waals surface area contributed by atoms with Crippen molar-refractivity contribution >= 4 is 17.5 Å². The number of anilines is 1. The smallest absolute Gasteiger partial charge is 0.231 e. The zero-order valence-corrected chi connectivity index (χ0v) is 20.1. The molecule has 4 aliphatic heterocycles. The zero-order chi connectivity index (χ0) is 25.0. The van der Waals surface area contributed by atoms with E-state index in [1.165, 1.54) is 21.3 Å². The third-order valence-corrected chi connectivity index (χ3v) is 7.22. The maximum atomic E-state index is 13.6. The maximum absolute atomic E-state index is 13.6. The van der Waals surface area contributed by atoms with Crippen LogP contribution in [-0.4, -0.2) is 63.1 Å². The van der Waals surface area contributed by atoms with Crippen molar-refractivity contribution in [3.05, 3.63) is 48.0 Å². The summed E-state index contributed by atoms with van der Waals surface area (Å²) >= 11 is 0. The topological polar surface area (TPSA) is 105 Å². The van der Waals surface area contributed by atoms with E-state index in [4.69, 9.17) is 28.4 Å². The van der Waals surface area contributed by atoms with E-state index in [2.05, 4.69) is 5.32 Å². The summed E-state index contributed by atoms with van der Waals surface area (Å²) < 4.78 is 33.2. The maximum Gasteiger partial charge on any atom is 0.231 e. The van der Waals surface area contributed by atoms with E-state index in [0.29, 0.717) is 47.5 Å². The Morgan fingerprint density at radius 3 is 2.56 bits per heavy atom. The van der Waals surface area contributed by atoms with Gasteiger partial charge in [0.25, 0.3) is 0 Å². The molecule has 6 rings (SSSR count). The Morgan fingerprint density at radius 2 is 1.83 bits per heavy atom. The van der Waals surface area contributed by atoms with Gasteiger partial charge in [0.05, 0.1) is 45.8 Å². The zero-order valence-electron chi connectivity index (χ0n) is 20.1. The highest BCUT2D eigenvalue weighted by Gasteiger charge is 2.66. The summed E-state index contributed by atoms with van der Waals surface area (Å²) in [6.45, 7) is 0.956. The molecule has 4 heterocycles. The summed E-state index contributed by atoms with van der Waals surface area (Å²) in [4.78, 5) is 28.8. The minimum absolute atomic E-state index is 0.107. The van der Waals surface area contributed by atoms with Gasteiger partial charge in [-0.1, -0.05) is 18.2 Å². The van der Waals surface area contributed by atoms with Gasteiger partial charge in [-0.25, -0.2) is 0 Å². The molecular formula is C26H26N2O8. The Hall–Kier alpha value is -3.92. The Morgan fingerprint density at radius 1 is 1.08 bits per heavy atom. The van der Waals surface area contributed by atoms with Crippen molar-refractivity contribution in [1.29, 1.82) is 0 Å². The molecule has 0 aromatic heterocycles. The highest BCUT2D eigenvalue weighted by molar-refractivity contribution is 5.99. The van der Waals surface area contributed by atoms with E-state index in [-0.39, 0.29) is 18.6 Å². The summed E-state index contributed by atoms with van der Waals surface area (Å²) in [5.41, 5.74) is 0.578. The summed E-state index contributed by atoms with van der Waals surface area (Å²) in [6, 6.07) is 8.94. The van der Waals surface area contributed by atoms with E-state index < -0.39 is 23.5 Å². The molecule has 0 aliphatic carbocycles. The first kappa shape index (κ1) is 22.5. The second kappa shape index (κ2) is 8.34. The molecule has 2 bridgehead atoms. The Labute approximate surface area is 207 Å². The lowest BCUT2D eigenvalue weighted by Crippen LogP contribution is -2.41. The fourth-order valence-corrected chi connectivity index (χ4v) is 5.65. The molecule has 2 aromatic rings. The van der Waals surface area contributed by atoms with Gasteiger partial charge in [0.2, 0.25) is 24.4 Å². The monoisotopic (exact) mass is 494 g/mol. The highest BCUT2D eigenvalue weighted by Crippen LogP contribution is 2.52. The number of nitrogens with zero attached hydrogens (tertiary/aromatic N) is 1. The molecule has 188 valence electrons. The summed E-state index contributed by atoms with van der Waals surface area (Å²) in [5, 5.41) is 2.92. The molecule has 4 atom stereocenters. The van der Waals surface area contributed by atoms with Crippen LogP contribution in [0.15, 0.2) is 42.5 Å². The van der Waals surface area contributed by atoms with Crippen LogP contribution >= 0.6 is 0 Å². The van der Waals surface area contributed by atoms with Crippen LogP contribution in [0.4, 0.5) is 5.69 Å². The van der Waals surface area contributed by atoms with E-state index in [1.807, 2.05) is 30.4 Å². The first-order valence-corrected chi connectivity index (χ1v) is 11.6. The number of fused-ring (bicyclic) bond motifs is 2. The van der Waals surface area contributed by atoms with Crippen LogP contribution in [0.5, 0.6) is 28.7 Å². The van der Waals surface area contributed by atoms with E-state index in [9.17, 15) is 9.59 Å². The third kappa shape index (κ3) is 3.35. The number of benzene rings is 2. The van der Waals surface area contributed by atoms with Crippen molar-refractivity contribution in [2.24, 2.45) is 11.8 Å². The lowest BCUT2D eigenvalue weighted by molar-refractivity contribution is -0.136. The first-order chi connectivity index (χ1) is 17.5. The molecule has 2 amide bonds. The SMILES string of the molecule is COc1cc(NC(=O)[C@H]2[C@@H]3C=C[C@@]4(CN(Cc5ccc6c(c5)OCO6)C(=O)[C@@H]24)O3)cc(OC)c1OC. The van der Waals surface area contributed by atoms with Crippen molar-refractivity contribution in [3.63, 3.8) is 0 Å². The van der Waals surface area contributed by atoms with Gasteiger partial charge in [-0.2, -0.15) is 0 Å². The molecule has 2 aromatic carbocycles. The van der Waals surface area contributed by atoms with Crippen LogP contribution in [0.25, 0.3) is 0 Å². The highest BCUT2D eigenvalue weighted by atomic mass is 16.7. The van der Waals surface area contributed by atoms with Gasteiger partial charge < -0.3 is 38.6 Å². The molecule has 0 radical (unpaired) electrons. The van der Waals surface area contributed by atoms with Crippen molar-refractivity contribution in [2.45, 2.75) is 18.2 Å². The number of hydrogen-bond donors (Lipinski definition) is 1. The summed E-state index contributed by atoms with van der Waals surface area (Å²) in [5.74, 6) is 0.931. The van der Waals surface area contributed by atoms with Crippen LogP contribution in [0, 0.1) is 11.8 Å². The number of hydrogen-bond acceptors (Lipinski definition) is 8. The molecular weight excluding hydrogens is 468 g/mol. The minimum atomic E-state index is -0.810. The Bertz CT molecular complexity index is 1250. The average molecular weight is 495 g/mol. The van der Waals surface area contributed by atoms with Gasteiger partial charge in [-0.15, -0.1) is 0 Å². The largest absolute Gasteiger partial charge is 0.493 e. The third-order valence-electron chi connectivity index (χ3n) is 7.22. The molecule has 4 aliphatic rings. The molecule has 1 N–H and O–H groups in total. The summed E-state index contributed by atoms with van der Waals surface area (Å²) in [6.07, 6.45) is 3.35. The second-order valence-electron chi connectivity index (χ2n) is 9.19. The van der Waals surface area contributed by atoms with Crippen LogP contribution in [0.2, 0.25) is 0 Å². The molecule has 2 fully saturated rings. The van der Waals surface area contributed by atoms with E-state index in [0.717, 1.165) is 5.56 Å². The van der Waals surface area contributed by atoms with Crippen molar-refractivity contribution < 1.29 is 38.0 Å². The van der Waals surface area contributed by atoms with Crippen molar-refractivity contribution in [1.82, 2.24) is 4.90 Å². The molecule has 1 spiro atoms. The fourth-order valence-electron chi connectivity index (χ4n) is 5.65. The number of nitrogens with one attached hydrogen (secondary N) is 1. The minimum Gasteiger partial charge on any atom is -0.493 e. The standard InChI is InChI=1S/C26H26N2O8/c1-31-19-9-15(10-20(32-2)23(19)33-3)27-24(29)21-17-6-7-26(36-17)12-28(25(30)22(21)26)11-14-4-5-16-18(8-14)35-13-34-16/h4-10,17,21-22H,11-13H2,1-3H3,(H,27,29)/t17-,21-,22+,26-/m0/s1. The number of amides is 2. The Kier molecular flexibility index (Phi) is 5.22. The quantitative estimate of drug-likeness (QED) is 0.585. The normalized spacial score (nSPS) is 26.8. The predicted molar refractivity (Wildman–Crippen MR) is 126 cm³/mol. The van der Waals surface area contributed by atoms with Crippen LogP contribution in [0.1, 0.15) is 5.56 Å².